The highest BCUT2D eigenvalue weighted by molar-refractivity contribution is 7.11. The number of hydrogen-bond donors (Lipinski definition) is 3. The lowest BCUT2D eigenvalue weighted by atomic mass is 10.1. The van der Waals surface area contributed by atoms with Gasteiger partial charge in [0, 0.05) is 24.4 Å². The number of aromatic nitrogens is 4. The highest BCUT2D eigenvalue weighted by atomic mass is 32.1. The van der Waals surface area contributed by atoms with E-state index in [9.17, 15) is 22.8 Å². The van der Waals surface area contributed by atoms with Crippen LogP contribution in [-0.4, -0.2) is 38.8 Å². The van der Waals surface area contributed by atoms with Gasteiger partial charge in [-0.3, -0.25) is 14.6 Å². The van der Waals surface area contributed by atoms with E-state index in [1.165, 1.54) is 29.7 Å². The molecule has 0 aliphatic rings. The molecule has 1 aromatic carbocycles. The minimum Gasteiger partial charge on any atom is -0.359 e. The van der Waals surface area contributed by atoms with Crippen LogP contribution in [0.1, 0.15) is 59.3 Å². The summed E-state index contributed by atoms with van der Waals surface area (Å²) in [5.41, 5.74) is 2.27. The molecular formula is C25H25F3N6O2S. The van der Waals surface area contributed by atoms with Gasteiger partial charge in [-0.15, -0.1) is 11.3 Å². The van der Waals surface area contributed by atoms with Crippen LogP contribution in [0.2, 0.25) is 0 Å². The first-order chi connectivity index (χ1) is 17.7. The van der Waals surface area contributed by atoms with Crippen molar-refractivity contribution in [3.8, 4) is 11.3 Å². The summed E-state index contributed by atoms with van der Waals surface area (Å²) < 4.78 is 38.9. The van der Waals surface area contributed by atoms with Crippen molar-refractivity contribution in [3.63, 3.8) is 0 Å². The third-order valence-electron chi connectivity index (χ3n) is 5.85. The van der Waals surface area contributed by atoms with Crippen LogP contribution in [0.15, 0.2) is 48.2 Å². The Kier molecular flexibility index (Phi) is 8.17. The maximum Gasteiger partial charge on any atom is 0.433 e. The maximum absolute atomic E-state index is 13.0. The fourth-order valence-corrected chi connectivity index (χ4v) is 4.40. The molecule has 12 heteroatoms. The summed E-state index contributed by atoms with van der Waals surface area (Å²) >= 11 is 1.24. The number of carbonyl (C=O) groups is 2. The van der Waals surface area contributed by atoms with Crippen LogP contribution in [0.4, 0.5) is 13.2 Å². The number of thiazole rings is 1. The Morgan fingerprint density at radius 1 is 1.11 bits per heavy atom. The lowest BCUT2D eigenvalue weighted by Crippen LogP contribution is -2.28. The first kappa shape index (κ1) is 26.3. The molecule has 194 valence electrons. The number of pyridine rings is 1. The Hall–Kier alpha value is -3.80. The highest BCUT2D eigenvalue weighted by Gasteiger charge is 2.32. The van der Waals surface area contributed by atoms with Gasteiger partial charge in [0.2, 0.25) is 5.91 Å². The van der Waals surface area contributed by atoms with Crippen molar-refractivity contribution in [1.82, 2.24) is 30.6 Å². The summed E-state index contributed by atoms with van der Waals surface area (Å²) in [7, 11) is 1.60. The Bertz CT molecular complexity index is 1370. The number of benzene rings is 1. The summed E-state index contributed by atoms with van der Waals surface area (Å²) in [6, 6.07) is 6.90. The van der Waals surface area contributed by atoms with Crippen molar-refractivity contribution in [1.29, 1.82) is 0 Å². The van der Waals surface area contributed by atoms with Crippen molar-refractivity contribution in [2.24, 2.45) is 0 Å². The molecule has 0 fully saturated rings. The number of aromatic amines is 1. The second kappa shape index (κ2) is 11.5. The number of alkyl halides is 3. The molecule has 0 bridgehead atoms. The number of nitrogens with one attached hydrogen (secondary N) is 3. The van der Waals surface area contributed by atoms with Gasteiger partial charge in [0.15, 0.2) is 0 Å². The van der Waals surface area contributed by atoms with Gasteiger partial charge < -0.3 is 15.6 Å². The Balaban J connectivity index is 1.51. The first-order valence-electron chi connectivity index (χ1n) is 11.7. The van der Waals surface area contributed by atoms with E-state index < -0.39 is 17.9 Å². The van der Waals surface area contributed by atoms with E-state index in [-0.39, 0.29) is 17.3 Å². The summed E-state index contributed by atoms with van der Waals surface area (Å²) in [4.78, 5) is 40.0. The Morgan fingerprint density at radius 3 is 2.68 bits per heavy atom. The molecule has 0 saturated carbocycles. The molecule has 0 radical (unpaired) electrons. The summed E-state index contributed by atoms with van der Waals surface area (Å²) in [5, 5.41) is 6.17. The van der Waals surface area contributed by atoms with Gasteiger partial charge in [0.05, 0.1) is 35.2 Å². The maximum atomic E-state index is 13.0. The number of unbranched alkanes of at least 4 members (excludes halogenated alkanes) is 2. The zero-order valence-electron chi connectivity index (χ0n) is 19.9. The molecule has 2 amide bonds. The van der Waals surface area contributed by atoms with E-state index in [2.05, 4.69) is 30.6 Å². The topological polar surface area (TPSA) is 113 Å². The predicted octanol–water partition coefficient (Wildman–Crippen LogP) is 5.27. The van der Waals surface area contributed by atoms with Crippen LogP contribution < -0.4 is 10.6 Å². The first-order valence-corrected chi connectivity index (χ1v) is 12.6. The summed E-state index contributed by atoms with van der Waals surface area (Å²) in [6.07, 6.45) is 1.99. The van der Waals surface area contributed by atoms with E-state index in [0.717, 1.165) is 30.9 Å². The average Bonchev–Trinajstić information content (AvgIpc) is 3.59. The molecule has 8 nitrogen and oxygen atoms in total. The van der Waals surface area contributed by atoms with Crippen LogP contribution in [0.5, 0.6) is 0 Å². The number of rotatable bonds is 10. The summed E-state index contributed by atoms with van der Waals surface area (Å²) in [5.74, 6) is 0.295. The number of amides is 2. The minimum atomic E-state index is -4.51. The second-order valence-corrected chi connectivity index (χ2v) is 9.33. The van der Waals surface area contributed by atoms with E-state index in [4.69, 9.17) is 0 Å². The van der Waals surface area contributed by atoms with Crippen LogP contribution in [0.25, 0.3) is 22.2 Å². The van der Waals surface area contributed by atoms with Crippen LogP contribution in [-0.2, 0) is 11.0 Å². The number of imidazole rings is 1. The van der Waals surface area contributed by atoms with E-state index >= 15 is 0 Å². The summed E-state index contributed by atoms with van der Waals surface area (Å²) in [6.45, 7) is 0. The SMILES string of the molecule is CNC(=O)CCCCC[C@H](NC(=O)c1cncs1)c1ncc(-c2ccc3nc(C(F)(F)F)ccc3c2)[nH]1. The molecule has 0 unspecified atom stereocenters. The molecule has 0 aliphatic heterocycles. The number of hydrogen-bond acceptors (Lipinski definition) is 6. The second-order valence-electron chi connectivity index (χ2n) is 8.45. The zero-order chi connectivity index (χ0) is 26.4. The predicted molar refractivity (Wildman–Crippen MR) is 134 cm³/mol. The molecule has 4 aromatic rings. The number of H-pyrrole nitrogens is 1. The van der Waals surface area contributed by atoms with Gasteiger partial charge in [-0.05, 0) is 31.0 Å². The quantitative estimate of drug-likeness (QED) is 0.242. The number of fused-ring (bicyclic) bond motifs is 1. The molecular weight excluding hydrogens is 505 g/mol. The smallest absolute Gasteiger partial charge is 0.359 e. The van der Waals surface area contributed by atoms with Crippen LogP contribution >= 0.6 is 11.3 Å². The number of carbonyl (C=O) groups excluding carboxylic acids is 2. The molecule has 0 saturated heterocycles. The molecule has 0 aliphatic carbocycles. The molecule has 0 spiro atoms. The van der Waals surface area contributed by atoms with Crippen molar-refractivity contribution >= 4 is 34.1 Å². The molecule has 4 rings (SSSR count). The molecule has 3 N–H and O–H groups in total. The monoisotopic (exact) mass is 530 g/mol. The normalized spacial score (nSPS) is 12.4. The molecule has 3 aromatic heterocycles. The fraction of sp³-hybridized carbons (Fsp3) is 0.320. The van der Waals surface area contributed by atoms with Crippen molar-refractivity contribution in [2.75, 3.05) is 7.05 Å². The standard InChI is InChI=1S/C25H25F3N6O2S/c1-29-22(35)6-4-2-3-5-18(34-24(36)20-13-30-14-37-20)23-31-12-19(33-23)16-7-9-17-15(11-16)8-10-21(32-17)25(26,27)28/h7-14,18H,2-6H2,1H3,(H,29,35)(H,31,33)(H,34,36)/t18-/m0/s1. The van der Waals surface area contributed by atoms with Gasteiger partial charge in [-0.25, -0.2) is 9.97 Å². The van der Waals surface area contributed by atoms with Crippen LogP contribution in [0.3, 0.4) is 0 Å². The minimum absolute atomic E-state index is 0.00839. The number of halogens is 3. The highest BCUT2D eigenvalue weighted by Crippen LogP contribution is 2.30. The lowest BCUT2D eigenvalue weighted by molar-refractivity contribution is -0.141. The third kappa shape index (κ3) is 6.70. The Morgan fingerprint density at radius 2 is 1.95 bits per heavy atom. The lowest BCUT2D eigenvalue weighted by Gasteiger charge is -2.16. The van der Waals surface area contributed by atoms with Crippen molar-refractivity contribution in [2.45, 2.75) is 44.3 Å². The molecule has 3 heterocycles. The molecule has 1 atom stereocenters. The zero-order valence-corrected chi connectivity index (χ0v) is 20.7. The largest absolute Gasteiger partial charge is 0.433 e. The Labute approximate surface area is 214 Å². The number of nitrogens with zero attached hydrogens (tertiary/aromatic N) is 3. The van der Waals surface area contributed by atoms with E-state index in [1.807, 2.05) is 0 Å². The fourth-order valence-electron chi connectivity index (χ4n) is 3.88. The van der Waals surface area contributed by atoms with Gasteiger partial charge in [0.1, 0.15) is 16.4 Å². The average molecular weight is 531 g/mol. The molecule has 37 heavy (non-hydrogen) atoms. The van der Waals surface area contributed by atoms with Gasteiger partial charge in [-0.1, -0.05) is 25.0 Å². The van der Waals surface area contributed by atoms with Gasteiger partial charge in [0.25, 0.3) is 5.91 Å². The van der Waals surface area contributed by atoms with E-state index in [0.29, 0.717) is 34.6 Å². The van der Waals surface area contributed by atoms with Gasteiger partial charge in [-0.2, -0.15) is 13.2 Å². The van der Waals surface area contributed by atoms with Crippen molar-refractivity contribution < 1.29 is 22.8 Å². The van der Waals surface area contributed by atoms with E-state index in [1.54, 1.807) is 30.9 Å². The van der Waals surface area contributed by atoms with Gasteiger partial charge >= 0.3 is 6.18 Å². The third-order valence-corrected chi connectivity index (χ3v) is 6.62. The van der Waals surface area contributed by atoms with Crippen LogP contribution in [0, 0.1) is 0 Å². The van der Waals surface area contributed by atoms with Crippen molar-refractivity contribution in [3.05, 3.63) is 64.6 Å².